The van der Waals surface area contributed by atoms with Crippen LogP contribution in [0.3, 0.4) is 0 Å². The van der Waals surface area contributed by atoms with E-state index in [9.17, 15) is 9.59 Å². The van der Waals surface area contributed by atoms with Gasteiger partial charge >= 0.3 is 0 Å². The van der Waals surface area contributed by atoms with Crippen molar-refractivity contribution in [1.82, 2.24) is 10.2 Å². The molecule has 0 aliphatic rings. The van der Waals surface area contributed by atoms with Gasteiger partial charge in [-0.2, -0.15) is 0 Å². The lowest BCUT2D eigenvalue weighted by Gasteiger charge is -2.30. The van der Waals surface area contributed by atoms with Crippen molar-refractivity contribution >= 4 is 35.0 Å². The third-order valence-corrected chi connectivity index (χ3v) is 5.58. The van der Waals surface area contributed by atoms with Gasteiger partial charge in [0.2, 0.25) is 11.8 Å². The molecule has 2 amide bonds. The van der Waals surface area contributed by atoms with Crippen molar-refractivity contribution in [2.45, 2.75) is 58.7 Å². The molecule has 0 aromatic heterocycles. The molecule has 156 valence electrons. The summed E-state index contributed by atoms with van der Waals surface area (Å²) >= 11 is 12.3. The van der Waals surface area contributed by atoms with E-state index in [1.807, 2.05) is 56.3 Å². The minimum Gasteiger partial charge on any atom is -0.352 e. The highest BCUT2D eigenvalue weighted by Gasteiger charge is 2.26. The van der Waals surface area contributed by atoms with Gasteiger partial charge in [-0.15, -0.1) is 0 Å². The average molecular weight is 435 g/mol. The summed E-state index contributed by atoms with van der Waals surface area (Å²) in [6, 6.07) is 14.3. The van der Waals surface area contributed by atoms with E-state index < -0.39 is 6.04 Å². The molecule has 6 heteroatoms. The molecule has 2 aromatic carbocycles. The van der Waals surface area contributed by atoms with E-state index in [-0.39, 0.29) is 24.3 Å². The topological polar surface area (TPSA) is 49.4 Å². The summed E-state index contributed by atoms with van der Waals surface area (Å²) in [5, 5.41) is 4.21. The number of nitrogens with one attached hydrogen (secondary N) is 1. The SMILES string of the molecule is CC[C@H](C)NC(=O)[C@H](C)N(Cc1cccc(Cl)c1)C(=O)CCc1ccccc1Cl. The minimum atomic E-state index is -0.596. The number of amides is 2. The van der Waals surface area contributed by atoms with Crippen molar-refractivity contribution < 1.29 is 9.59 Å². The Labute approximate surface area is 183 Å². The predicted molar refractivity (Wildman–Crippen MR) is 119 cm³/mol. The molecule has 0 heterocycles. The van der Waals surface area contributed by atoms with Crippen molar-refractivity contribution in [1.29, 1.82) is 0 Å². The van der Waals surface area contributed by atoms with Crippen LogP contribution in [0.2, 0.25) is 10.0 Å². The maximum absolute atomic E-state index is 13.1. The molecule has 0 radical (unpaired) electrons. The van der Waals surface area contributed by atoms with Gasteiger partial charge in [-0.1, -0.05) is 60.5 Å². The number of carbonyl (C=O) groups excluding carboxylic acids is 2. The van der Waals surface area contributed by atoms with E-state index in [1.54, 1.807) is 17.9 Å². The second kappa shape index (κ2) is 11.2. The molecule has 2 aromatic rings. The van der Waals surface area contributed by atoms with Crippen LogP contribution in [0.5, 0.6) is 0 Å². The summed E-state index contributed by atoms with van der Waals surface area (Å²) in [5.74, 6) is -0.260. The third-order valence-electron chi connectivity index (χ3n) is 4.98. The first-order chi connectivity index (χ1) is 13.8. The normalized spacial score (nSPS) is 12.9. The molecule has 29 heavy (non-hydrogen) atoms. The zero-order chi connectivity index (χ0) is 21.4. The summed E-state index contributed by atoms with van der Waals surface area (Å²) in [6.45, 7) is 6.03. The van der Waals surface area contributed by atoms with Crippen LogP contribution in [-0.2, 0) is 22.6 Å². The van der Waals surface area contributed by atoms with Gasteiger partial charge in [-0.05, 0) is 56.0 Å². The van der Waals surface area contributed by atoms with Crippen LogP contribution in [0.15, 0.2) is 48.5 Å². The standard InChI is InChI=1S/C23H28Cl2N2O2/c1-4-16(2)26-23(29)17(3)27(15-18-8-7-10-20(24)14-18)22(28)13-12-19-9-5-6-11-21(19)25/h5-11,14,16-17H,4,12-13,15H2,1-3H3,(H,26,29)/t16-,17-/m0/s1. The summed E-state index contributed by atoms with van der Waals surface area (Å²) in [5.41, 5.74) is 1.80. The predicted octanol–water partition coefficient (Wildman–Crippen LogP) is 5.26. The second-order valence-electron chi connectivity index (χ2n) is 7.24. The van der Waals surface area contributed by atoms with Gasteiger partial charge in [-0.3, -0.25) is 9.59 Å². The van der Waals surface area contributed by atoms with Gasteiger partial charge in [0.15, 0.2) is 0 Å². The van der Waals surface area contributed by atoms with Gasteiger partial charge in [0.1, 0.15) is 6.04 Å². The quantitative estimate of drug-likeness (QED) is 0.584. The van der Waals surface area contributed by atoms with E-state index in [0.29, 0.717) is 23.0 Å². The van der Waals surface area contributed by atoms with Crippen LogP contribution in [-0.4, -0.2) is 28.8 Å². The molecule has 1 N–H and O–H groups in total. The number of hydrogen-bond acceptors (Lipinski definition) is 2. The van der Waals surface area contributed by atoms with E-state index >= 15 is 0 Å². The molecule has 0 aliphatic heterocycles. The van der Waals surface area contributed by atoms with Gasteiger partial charge in [0, 0.05) is 29.1 Å². The van der Waals surface area contributed by atoms with Crippen molar-refractivity contribution in [3.05, 3.63) is 69.7 Å². The highest BCUT2D eigenvalue weighted by Crippen LogP contribution is 2.19. The first kappa shape index (κ1) is 23.2. The molecule has 2 atom stereocenters. The van der Waals surface area contributed by atoms with Crippen LogP contribution in [0.25, 0.3) is 0 Å². The lowest BCUT2D eigenvalue weighted by atomic mass is 10.1. The molecule has 0 aliphatic carbocycles. The fourth-order valence-electron chi connectivity index (χ4n) is 2.97. The highest BCUT2D eigenvalue weighted by molar-refractivity contribution is 6.31. The number of nitrogens with zero attached hydrogens (tertiary/aromatic N) is 1. The van der Waals surface area contributed by atoms with Crippen LogP contribution in [0.1, 0.15) is 44.7 Å². The van der Waals surface area contributed by atoms with E-state index in [1.165, 1.54) is 0 Å². The van der Waals surface area contributed by atoms with Crippen molar-refractivity contribution in [3.63, 3.8) is 0 Å². The Hall–Kier alpha value is -2.04. The summed E-state index contributed by atoms with van der Waals surface area (Å²) in [4.78, 5) is 27.4. The van der Waals surface area contributed by atoms with E-state index in [4.69, 9.17) is 23.2 Å². The zero-order valence-electron chi connectivity index (χ0n) is 17.1. The first-order valence-corrected chi connectivity index (χ1v) is 10.6. The molecule has 2 rings (SSSR count). The maximum atomic E-state index is 13.1. The van der Waals surface area contributed by atoms with E-state index in [0.717, 1.165) is 17.5 Å². The fourth-order valence-corrected chi connectivity index (χ4v) is 3.41. The lowest BCUT2D eigenvalue weighted by molar-refractivity contribution is -0.140. The summed E-state index contributed by atoms with van der Waals surface area (Å²) in [7, 11) is 0. The smallest absolute Gasteiger partial charge is 0.242 e. The van der Waals surface area contributed by atoms with Crippen LogP contribution < -0.4 is 5.32 Å². The van der Waals surface area contributed by atoms with Gasteiger partial charge in [-0.25, -0.2) is 0 Å². The third kappa shape index (κ3) is 7.06. The first-order valence-electron chi connectivity index (χ1n) is 9.89. The van der Waals surface area contributed by atoms with Gasteiger partial charge in [0.25, 0.3) is 0 Å². The molecule has 0 unspecified atom stereocenters. The monoisotopic (exact) mass is 434 g/mol. The molecular formula is C23H28Cl2N2O2. The molecular weight excluding hydrogens is 407 g/mol. The van der Waals surface area contributed by atoms with Crippen LogP contribution in [0.4, 0.5) is 0 Å². The number of rotatable bonds is 9. The molecule has 0 bridgehead atoms. The molecule has 0 fully saturated rings. The summed E-state index contributed by atoms with van der Waals surface area (Å²) in [6.07, 6.45) is 1.61. The Morgan fingerprint density at radius 2 is 1.79 bits per heavy atom. The number of carbonyl (C=O) groups is 2. The molecule has 0 saturated heterocycles. The Morgan fingerprint density at radius 3 is 2.45 bits per heavy atom. The number of hydrogen-bond donors (Lipinski definition) is 1. The highest BCUT2D eigenvalue weighted by atomic mass is 35.5. The number of benzene rings is 2. The Kier molecular flexibility index (Phi) is 8.99. The second-order valence-corrected chi connectivity index (χ2v) is 8.08. The Balaban J connectivity index is 2.17. The largest absolute Gasteiger partial charge is 0.352 e. The van der Waals surface area contributed by atoms with Crippen molar-refractivity contribution in [2.24, 2.45) is 0 Å². The van der Waals surface area contributed by atoms with Crippen LogP contribution in [0, 0.1) is 0 Å². The minimum absolute atomic E-state index is 0.0520. The molecule has 0 spiro atoms. The molecule has 0 saturated carbocycles. The van der Waals surface area contributed by atoms with E-state index in [2.05, 4.69) is 5.32 Å². The van der Waals surface area contributed by atoms with Crippen molar-refractivity contribution in [2.75, 3.05) is 0 Å². The Bertz CT molecular complexity index is 841. The summed E-state index contributed by atoms with van der Waals surface area (Å²) < 4.78 is 0. The number of halogens is 2. The molecule has 4 nitrogen and oxygen atoms in total. The van der Waals surface area contributed by atoms with Crippen molar-refractivity contribution in [3.8, 4) is 0 Å². The maximum Gasteiger partial charge on any atom is 0.242 e. The van der Waals surface area contributed by atoms with Crippen LogP contribution >= 0.6 is 23.2 Å². The zero-order valence-corrected chi connectivity index (χ0v) is 18.6. The van der Waals surface area contributed by atoms with Gasteiger partial charge in [0.05, 0.1) is 0 Å². The Morgan fingerprint density at radius 1 is 1.07 bits per heavy atom. The lowest BCUT2D eigenvalue weighted by Crippen LogP contribution is -2.49. The fraction of sp³-hybridized carbons (Fsp3) is 0.391. The average Bonchev–Trinajstić information content (AvgIpc) is 2.70. The van der Waals surface area contributed by atoms with Gasteiger partial charge < -0.3 is 10.2 Å². The number of aryl methyl sites for hydroxylation is 1.